The lowest BCUT2D eigenvalue weighted by molar-refractivity contribution is -0.0426. The molecule has 0 spiro atoms. The number of nitrogens with zero attached hydrogens (tertiary/aromatic N) is 6. The van der Waals surface area contributed by atoms with Crippen LogP contribution in [0.1, 0.15) is 72.9 Å². The van der Waals surface area contributed by atoms with Crippen LogP contribution in [0.5, 0.6) is 0 Å². The van der Waals surface area contributed by atoms with Crippen molar-refractivity contribution in [2.24, 2.45) is 5.92 Å². The molecule has 46 heavy (non-hydrogen) atoms. The number of piperidine rings is 2. The molecule has 3 aliphatic rings. The molecule has 3 fully saturated rings. The Balaban J connectivity index is 1.08. The van der Waals surface area contributed by atoms with E-state index in [9.17, 15) is 9.59 Å². The van der Waals surface area contributed by atoms with Gasteiger partial charge >= 0.3 is 6.03 Å². The van der Waals surface area contributed by atoms with Gasteiger partial charge in [0.25, 0.3) is 5.91 Å². The highest BCUT2D eigenvalue weighted by atomic mass is 16.2. The van der Waals surface area contributed by atoms with E-state index in [2.05, 4.69) is 69.3 Å². The van der Waals surface area contributed by atoms with Crippen LogP contribution in [0.4, 0.5) is 10.5 Å². The van der Waals surface area contributed by atoms with Gasteiger partial charge in [-0.3, -0.25) is 14.6 Å². The molecule has 6 rings (SSSR count). The number of carbonyl (C=O) groups is 2. The number of aryl methyl sites for hydroxylation is 2. The number of amides is 3. The molecule has 0 saturated carbocycles. The van der Waals surface area contributed by atoms with Gasteiger partial charge in [-0.15, -0.1) is 0 Å². The molecule has 3 aromatic rings. The number of likely N-dealkylation sites (tertiary alicyclic amines) is 2. The number of anilines is 1. The second-order valence-electron chi connectivity index (χ2n) is 13.7. The third-order valence-electron chi connectivity index (χ3n) is 10.8. The van der Waals surface area contributed by atoms with E-state index in [0.29, 0.717) is 23.6 Å². The Labute approximate surface area is 274 Å². The van der Waals surface area contributed by atoms with E-state index in [1.807, 2.05) is 54.0 Å². The number of hydrogen-bond acceptors (Lipinski definition) is 6. The molecule has 0 bridgehead atoms. The fraction of sp³-hybridized carbons (Fsp3) is 0.514. The normalized spacial score (nSPS) is 22.0. The van der Waals surface area contributed by atoms with Gasteiger partial charge in [0.2, 0.25) is 0 Å². The van der Waals surface area contributed by atoms with Crippen LogP contribution >= 0.6 is 0 Å². The average Bonchev–Trinajstić information content (AvgIpc) is 3.07. The Morgan fingerprint density at radius 3 is 2.04 bits per heavy atom. The summed E-state index contributed by atoms with van der Waals surface area (Å²) in [5.41, 5.74) is 4.44. The van der Waals surface area contributed by atoms with Crippen molar-refractivity contribution in [1.29, 1.82) is 0 Å². The highest BCUT2D eigenvalue weighted by Gasteiger charge is 2.43. The van der Waals surface area contributed by atoms with E-state index in [0.717, 1.165) is 88.6 Å². The smallest absolute Gasteiger partial charge is 0.321 e. The maximum absolute atomic E-state index is 13.4. The number of aromatic nitrogens is 2. The lowest BCUT2D eigenvalue weighted by atomic mass is 9.82. The fourth-order valence-corrected chi connectivity index (χ4v) is 7.97. The Hall–Kier alpha value is -3.82. The number of benzene rings is 2. The standard InChI is InChI=1S/C37H49N7O2/c1-27-25-43(37(4)17-21-41(22-18-37)35(45)33-28(2)38-26-39-29(33)3)23-24-44(27)34(30-11-7-5-8-12-30)31-15-19-42(20-16-31)36(46)40-32-13-9-6-10-14-32/h5-14,26-27,31,34H,15-25H2,1-4H3,(H,40,46)/t27-,34+/m0/s1. The molecule has 3 amide bonds. The largest absolute Gasteiger partial charge is 0.338 e. The van der Waals surface area contributed by atoms with Gasteiger partial charge in [0.15, 0.2) is 0 Å². The summed E-state index contributed by atoms with van der Waals surface area (Å²) in [6.45, 7) is 14.6. The molecule has 3 saturated heterocycles. The Morgan fingerprint density at radius 2 is 1.43 bits per heavy atom. The molecule has 3 aliphatic heterocycles. The summed E-state index contributed by atoms with van der Waals surface area (Å²) in [6, 6.07) is 21.4. The second kappa shape index (κ2) is 13.9. The summed E-state index contributed by atoms with van der Waals surface area (Å²) in [5, 5.41) is 3.06. The van der Waals surface area contributed by atoms with Gasteiger partial charge in [-0.2, -0.15) is 0 Å². The van der Waals surface area contributed by atoms with Crippen molar-refractivity contribution >= 4 is 17.6 Å². The summed E-state index contributed by atoms with van der Waals surface area (Å²) >= 11 is 0. The third kappa shape index (κ3) is 6.81. The number of nitrogens with one attached hydrogen (secondary N) is 1. The highest BCUT2D eigenvalue weighted by molar-refractivity contribution is 5.96. The Bertz CT molecular complexity index is 1460. The topological polar surface area (TPSA) is 84.9 Å². The minimum atomic E-state index is -0.00810. The Morgan fingerprint density at radius 1 is 0.826 bits per heavy atom. The summed E-state index contributed by atoms with van der Waals surface area (Å²) in [7, 11) is 0. The maximum Gasteiger partial charge on any atom is 0.321 e. The SMILES string of the molecule is Cc1ncnc(C)c1C(=O)N1CCC(C)(N2CCN([C@H](c3ccccc3)C3CCN(C(=O)Nc4ccccc4)CC3)[C@@H](C)C2)CC1. The molecule has 1 N–H and O–H groups in total. The van der Waals surface area contributed by atoms with Crippen molar-refractivity contribution in [2.45, 2.75) is 71.0 Å². The van der Waals surface area contributed by atoms with Gasteiger partial charge in [-0.05, 0) is 77.0 Å². The number of carbonyl (C=O) groups excluding carboxylic acids is 2. The van der Waals surface area contributed by atoms with Gasteiger partial charge in [-0.1, -0.05) is 48.5 Å². The van der Waals surface area contributed by atoms with Crippen LogP contribution in [-0.4, -0.2) is 98.9 Å². The van der Waals surface area contributed by atoms with Crippen molar-refractivity contribution in [3.05, 3.63) is 89.5 Å². The maximum atomic E-state index is 13.4. The predicted octanol–water partition coefficient (Wildman–Crippen LogP) is 5.78. The van der Waals surface area contributed by atoms with Crippen molar-refractivity contribution in [3.8, 4) is 0 Å². The van der Waals surface area contributed by atoms with Gasteiger partial charge in [-0.25, -0.2) is 14.8 Å². The van der Waals surface area contributed by atoms with Crippen LogP contribution in [-0.2, 0) is 0 Å². The van der Waals surface area contributed by atoms with Crippen LogP contribution in [0.25, 0.3) is 0 Å². The number of para-hydroxylation sites is 1. The molecule has 0 aliphatic carbocycles. The van der Waals surface area contributed by atoms with Crippen LogP contribution in [0.2, 0.25) is 0 Å². The van der Waals surface area contributed by atoms with Gasteiger partial charge < -0.3 is 15.1 Å². The first-order valence-corrected chi connectivity index (χ1v) is 17.0. The van der Waals surface area contributed by atoms with E-state index in [1.165, 1.54) is 11.9 Å². The average molecular weight is 624 g/mol. The first kappa shape index (κ1) is 32.1. The molecule has 9 heteroatoms. The van der Waals surface area contributed by atoms with E-state index in [-0.39, 0.29) is 17.5 Å². The van der Waals surface area contributed by atoms with Gasteiger partial charge in [0.05, 0.1) is 17.0 Å². The van der Waals surface area contributed by atoms with Crippen molar-refractivity contribution in [1.82, 2.24) is 29.6 Å². The molecule has 1 aromatic heterocycles. The number of hydrogen-bond donors (Lipinski definition) is 1. The van der Waals surface area contributed by atoms with Gasteiger partial charge in [0, 0.05) is 69.1 Å². The van der Waals surface area contributed by atoms with Crippen molar-refractivity contribution in [3.63, 3.8) is 0 Å². The molecule has 9 nitrogen and oxygen atoms in total. The second-order valence-corrected chi connectivity index (χ2v) is 13.7. The zero-order valence-electron chi connectivity index (χ0n) is 27.9. The molecule has 244 valence electrons. The van der Waals surface area contributed by atoms with Crippen LogP contribution in [0.15, 0.2) is 67.0 Å². The van der Waals surface area contributed by atoms with Crippen LogP contribution in [0, 0.1) is 19.8 Å². The molecule has 2 aromatic carbocycles. The number of piperazine rings is 1. The van der Waals surface area contributed by atoms with E-state index in [4.69, 9.17) is 0 Å². The highest BCUT2D eigenvalue weighted by Crippen LogP contribution is 2.40. The van der Waals surface area contributed by atoms with E-state index in [1.54, 1.807) is 0 Å². The first-order valence-electron chi connectivity index (χ1n) is 17.0. The van der Waals surface area contributed by atoms with Crippen molar-refractivity contribution < 1.29 is 9.59 Å². The van der Waals surface area contributed by atoms with E-state index < -0.39 is 0 Å². The number of urea groups is 1. The monoisotopic (exact) mass is 623 g/mol. The van der Waals surface area contributed by atoms with Gasteiger partial charge in [0.1, 0.15) is 6.33 Å². The van der Waals surface area contributed by atoms with Crippen LogP contribution < -0.4 is 5.32 Å². The summed E-state index contributed by atoms with van der Waals surface area (Å²) in [4.78, 5) is 44.4. The summed E-state index contributed by atoms with van der Waals surface area (Å²) in [5.74, 6) is 0.543. The molecule has 0 unspecified atom stereocenters. The Kier molecular flexibility index (Phi) is 9.70. The lowest BCUT2D eigenvalue weighted by Gasteiger charge is -2.54. The summed E-state index contributed by atoms with van der Waals surface area (Å²) in [6.07, 6.45) is 5.43. The number of rotatable bonds is 6. The molecule has 4 heterocycles. The first-order chi connectivity index (χ1) is 22.2. The quantitative estimate of drug-likeness (QED) is 0.375. The van der Waals surface area contributed by atoms with Crippen molar-refractivity contribution in [2.75, 3.05) is 51.1 Å². The van der Waals surface area contributed by atoms with E-state index >= 15 is 0 Å². The summed E-state index contributed by atoms with van der Waals surface area (Å²) < 4.78 is 0. The molecule has 0 radical (unpaired) electrons. The zero-order chi connectivity index (χ0) is 32.3. The third-order valence-corrected chi connectivity index (χ3v) is 10.8. The molecule has 2 atom stereocenters. The minimum Gasteiger partial charge on any atom is -0.338 e. The van der Waals surface area contributed by atoms with Crippen LogP contribution in [0.3, 0.4) is 0 Å². The fourth-order valence-electron chi connectivity index (χ4n) is 7.97. The minimum absolute atomic E-state index is 0.00810. The zero-order valence-corrected chi connectivity index (χ0v) is 27.9. The predicted molar refractivity (Wildman–Crippen MR) is 182 cm³/mol. The molecular formula is C37H49N7O2. The lowest BCUT2D eigenvalue weighted by Crippen LogP contribution is -2.63. The molecular weight excluding hydrogens is 574 g/mol.